The SMILES string of the molecule is COc1ccc(Nc2nc(C(=O)N3CCC(O)(C(F)F)C3)cs2)cc1. The van der Waals surface area contributed by atoms with Crippen molar-refractivity contribution in [2.75, 3.05) is 25.5 Å². The molecule has 25 heavy (non-hydrogen) atoms. The van der Waals surface area contributed by atoms with E-state index in [2.05, 4.69) is 10.3 Å². The molecule has 2 aromatic rings. The molecule has 0 saturated carbocycles. The number of aromatic nitrogens is 1. The Kier molecular flexibility index (Phi) is 4.87. The number of β-amino-alcohol motifs (C(OH)–C–C–N with tert-alkyl or cyclic N) is 1. The summed E-state index contributed by atoms with van der Waals surface area (Å²) in [5.74, 6) is 0.261. The number of nitrogens with one attached hydrogen (secondary N) is 1. The molecule has 3 rings (SSSR count). The van der Waals surface area contributed by atoms with Crippen LogP contribution in [0.3, 0.4) is 0 Å². The van der Waals surface area contributed by atoms with Crippen molar-refractivity contribution >= 4 is 28.1 Å². The zero-order valence-electron chi connectivity index (χ0n) is 13.4. The minimum Gasteiger partial charge on any atom is -0.497 e. The van der Waals surface area contributed by atoms with Crippen LogP contribution >= 0.6 is 11.3 Å². The summed E-state index contributed by atoms with van der Waals surface area (Å²) in [5.41, 5.74) is -1.18. The van der Waals surface area contributed by atoms with Gasteiger partial charge in [-0.05, 0) is 24.3 Å². The molecule has 0 spiro atoms. The maximum absolute atomic E-state index is 12.8. The molecule has 1 fully saturated rings. The normalized spacial score (nSPS) is 20.1. The topological polar surface area (TPSA) is 74.7 Å². The molecule has 1 aromatic heterocycles. The summed E-state index contributed by atoms with van der Waals surface area (Å²) >= 11 is 1.24. The average molecular weight is 369 g/mol. The average Bonchev–Trinajstić information content (AvgIpc) is 3.23. The van der Waals surface area contributed by atoms with Crippen LogP contribution in [0.5, 0.6) is 5.75 Å². The van der Waals surface area contributed by atoms with Gasteiger partial charge >= 0.3 is 0 Å². The lowest BCUT2D eigenvalue weighted by Gasteiger charge is -2.21. The van der Waals surface area contributed by atoms with Crippen molar-refractivity contribution in [3.05, 3.63) is 35.3 Å². The second-order valence-corrected chi connectivity index (χ2v) is 6.63. The maximum Gasteiger partial charge on any atom is 0.273 e. The van der Waals surface area contributed by atoms with Crippen LogP contribution in [0, 0.1) is 0 Å². The second-order valence-electron chi connectivity index (χ2n) is 5.77. The number of amides is 1. The first-order chi connectivity index (χ1) is 11.9. The minimum atomic E-state index is -2.88. The Morgan fingerprint density at radius 2 is 2.16 bits per heavy atom. The molecule has 1 saturated heterocycles. The molecule has 2 heterocycles. The van der Waals surface area contributed by atoms with Crippen molar-refractivity contribution in [2.24, 2.45) is 0 Å². The zero-order valence-corrected chi connectivity index (χ0v) is 14.2. The van der Waals surface area contributed by atoms with E-state index in [9.17, 15) is 18.7 Å². The van der Waals surface area contributed by atoms with Gasteiger partial charge in [0.1, 0.15) is 17.0 Å². The number of likely N-dealkylation sites (tertiary alicyclic amines) is 1. The lowest BCUT2D eigenvalue weighted by Crippen LogP contribution is -2.41. The molecule has 1 aromatic carbocycles. The fraction of sp³-hybridized carbons (Fsp3) is 0.375. The second kappa shape index (κ2) is 6.93. The van der Waals surface area contributed by atoms with Gasteiger partial charge in [-0.25, -0.2) is 13.8 Å². The number of ether oxygens (including phenoxy) is 1. The highest BCUT2D eigenvalue weighted by atomic mass is 32.1. The van der Waals surface area contributed by atoms with E-state index >= 15 is 0 Å². The van der Waals surface area contributed by atoms with Gasteiger partial charge in [-0.2, -0.15) is 0 Å². The van der Waals surface area contributed by atoms with Crippen molar-refractivity contribution in [3.63, 3.8) is 0 Å². The number of halogens is 2. The van der Waals surface area contributed by atoms with Crippen LogP contribution in [0.25, 0.3) is 0 Å². The van der Waals surface area contributed by atoms with E-state index in [1.165, 1.54) is 16.2 Å². The molecule has 2 N–H and O–H groups in total. The number of carbonyl (C=O) groups excluding carboxylic acids is 1. The van der Waals surface area contributed by atoms with Crippen LogP contribution in [-0.4, -0.2) is 53.1 Å². The molecule has 0 aliphatic carbocycles. The Morgan fingerprint density at radius 1 is 1.44 bits per heavy atom. The van der Waals surface area contributed by atoms with E-state index in [-0.39, 0.29) is 25.2 Å². The van der Waals surface area contributed by atoms with Crippen LogP contribution < -0.4 is 10.1 Å². The third-order valence-electron chi connectivity index (χ3n) is 4.04. The predicted octanol–water partition coefficient (Wildman–Crippen LogP) is 2.74. The smallest absolute Gasteiger partial charge is 0.273 e. The minimum absolute atomic E-state index is 0.0818. The third kappa shape index (κ3) is 3.72. The summed E-state index contributed by atoms with van der Waals surface area (Å²) in [5, 5.41) is 14.9. The predicted molar refractivity (Wildman–Crippen MR) is 89.9 cm³/mol. The van der Waals surface area contributed by atoms with Crippen molar-refractivity contribution in [3.8, 4) is 5.75 Å². The Morgan fingerprint density at radius 3 is 2.76 bits per heavy atom. The maximum atomic E-state index is 12.8. The number of aliphatic hydroxyl groups is 1. The van der Waals surface area contributed by atoms with E-state index in [1.807, 2.05) is 12.1 Å². The number of methoxy groups -OCH3 is 1. The number of carbonyl (C=O) groups is 1. The van der Waals surface area contributed by atoms with E-state index in [0.29, 0.717) is 5.13 Å². The van der Waals surface area contributed by atoms with Gasteiger partial charge in [-0.3, -0.25) is 4.79 Å². The molecular formula is C16H17F2N3O3S. The molecule has 6 nitrogen and oxygen atoms in total. The van der Waals surface area contributed by atoms with Gasteiger partial charge in [0.2, 0.25) is 0 Å². The van der Waals surface area contributed by atoms with Gasteiger partial charge in [0, 0.05) is 24.0 Å². The fourth-order valence-corrected chi connectivity index (χ4v) is 3.26. The lowest BCUT2D eigenvalue weighted by atomic mass is 10.1. The van der Waals surface area contributed by atoms with Crippen LogP contribution in [-0.2, 0) is 0 Å². The van der Waals surface area contributed by atoms with Crippen molar-refractivity contribution in [1.82, 2.24) is 9.88 Å². The van der Waals surface area contributed by atoms with Gasteiger partial charge in [0.25, 0.3) is 12.3 Å². The quantitative estimate of drug-likeness (QED) is 0.848. The number of thiazole rings is 1. The highest BCUT2D eigenvalue weighted by Crippen LogP contribution is 2.29. The monoisotopic (exact) mass is 369 g/mol. The first kappa shape index (κ1) is 17.6. The lowest BCUT2D eigenvalue weighted by molar-refractivity contribution is -0.0855. The van der Waals surface area contributed by atoms with Gasteiger partial charge < -0.3 is 20.1 Å². The number of rotatable bonds is 5. The molecule has 1 atom stereocenters. The first-order valence-electron chi connectivity index (χ1n) is 7.58. The largest absolute Gasteiger partial charge is 0.497 e. The standard InChI is InChI=1S/C16H17F2N3O3S/c1-24-11-4-2-10(3-5-11)19-15-20-12(8-25-15)13(22)21-7-6-16(23,9-21)14(17)18/h2-5,8,14,23H,6-7,9H2,1H3,(H,19,20). The molecule has 9 heteroatoms. The number of benzene rings is 1. The van der Waals surface area contributed by atoms with Crippen molar-refractivity contribution in [2.45, 2.75) is 18.4 Å². The van der Waals surface area contributed by atoms with Crippen LogP contribution in [0.4, 0.5) is 19.6 Å². The third-order valence-corrected chi connectivity index (χ3v) is 4.80. The summed E-state index contributed by atoms with van der Waals surface area (Å²) in [6.07, 6.45) is -3.02. The van der Waals surface area contributed by atoms with Crippen molar-refractivity contribution < 1.29 is 23.4 Å². The Labute approximate surface area is 147 Å². The zero-order chi connectivity index (χ0) is 18.0. The van der Waals surface area contributed by atoms with E-state index in [0.717, 1.165) is 11.4 Å². The molecule has 134 valence electrons. The summed E-state index contributed by atoms with van der Waals surface area (Å²) in [6.45, 7) is -0.305. The molecule has 1 aliphatic heterocycles. The summed E-state index contributed by atoms with van der Waals surface area (Å²) < 4.78 is 30.8. The Balaban J connectivity index is 1.65. The number of anilines is 2. The van der Waals surface area contributed by atoms with E-state index < -0.39 is 17.9 Å². The van der Waals surface area contributed by atoms with Crippen molar-refractivity contribution in [1.29, 1.82) is 0 Å². The van der Waals surface area contributed by atoms with Gasteiger partial charge in [-0.1, -0.05) is 0 Å². The first-order valence-corrected chi connectivity index (χ1v) is 8.46. The fourth-order valence-electron chi connectivity index (χ4n) is 2.56. The summed E-state index contributed by atoms with van der Waals surface area (Å²) in [4.78, 5) is 17.8. The van der Waals surface area contributed by atoms with Crippen LogP contribution in [0.15, 0.2) is 29.6 Å². The number of hydrogen-bond acceptors (Lipinski definition) is 6. The number of nitrogens with zero attached hydrogens (tertiary/aromatic N) is 2. The summed E-state index contributed by atoms with van der Waals surface area (Å²) in [7, 11) is 1.58. The van der Waals surface area contributed by atoms with E-state index in [4.69, 9.17) is 4.74 Å². The van der Waals surface area contributed by atoms with Crippen LogP contribution in [0.2, 0.25) is 0 Å². The molecule has 1 unspecified atom stereocenters. The Bertz CT molecular complexity index is 753. The Hall–Kier alpha value is -2.26. The van der Waals surface area contributed by atoms with E-state index in [1.54, 1.807) is 24.6 Å². The van der Waals surface area contributed by atoms with Gasteiger partial charge in [0.15, 0.2) is 5.13 Å². The summed E-state index contributed by atoms with van der Waals surface area (Å²) in [6, 6.07) is 7.20. The van der Waals surface area contributed by atoms with Gasteiger partial charge in [0.05, 0.1) is 13.7 Å². The number of alkyl halides is 2. The molecule has 0 bridgehead atoms. The highest BCUT2D eigenvalue weighted by Gasteiger charge is 2.45. The highest BCUT2D eigenvalue weighted by molar-refractivity contribution is 7.14. The molecular weight excluding hydrogens is 352 g/mol. The van der Waals surface area contributed by atoms with Crippen LogP contribution in [0.1, 0.15) is 16.9 Å². The molecule has 0 radical (unpaired) electrons. The molecule has 1 amide bonds. The van der Waals surface area contributed by atoms with Gasteiger partial charge in [-0.15, -0.1) is 11.3 Å². The number of hydrogen-bond donors (Lipinski definition) is 2. The molecule has 1 aliphatic rings.